The molecule has 2 heterocycles. The van der Waals surface area contributed by atoms with E-state index in [1.165, 1.54) is 16.5 Å². The van der Waals surface area contributed by atoms with Gasteiger partial charge in [0.25, 0.3) is 5.56 Å². The van der Waals surface area contributed by atoms with Crippen LogP contribution in [0.15, 0.2) is 9.59 Å². The molecule has 1 aliphatic rings. The molecule has 144 valence electrons. The van der Waals surface area contributed by atoms with Gasteiger partial charge in [-0.15, -0.1) is 0 Å². The Labute approximate surface area is 155 Å². The Hall–Kier alpha value is -1.14. The van der Waals surface area contributed by atoms with Gasteiger partial charge in [0.15, 0.2) is 0 Å². The summed E-state index contributed by atoms with van der Waals surface area (Å²) in [4.78, 5) is 27.2. The molecule has 0 saturated heterocycles. The molecular formula is C13H25AgN4O6. The molecule has 4 N–H and O–H groups in total. The van der Waals surface area contributed by atoms with Crippen LogP contribution in [-0.4, -0.2) is 70.1 Å². The van der Waals surface area contributed by atoms with Crippen molar-refractivity contribution < 1.29 is 42.8 Å². The third kappa shape index (κ3) is 4.93. The van der Waals surface area contributed by atoms with Gasteiger partial charge in [0.05, 0.1) is 12.7 Å². The van der Waals surface area contributed by atoms with Gasteiger partial charge in [0.1, 0.15) is 11.5 Å². The van der Waals surface area contributed by atoms with Crippen LogP contribution in [0.3, 0.4) is 0 Å². The maximum absolute atomic E-state index is 12.2. The van der Waals surface area contributed by atoms with Gasteiger partial charge in [-0.1, -0.05) is 0 Å². The number of β-amino-alcohol motifs (C(OH)–C–C–N with tert-alkyl or cyclic N) is 1. The summed E-state index contributed by atoms with van der Waals surface area (Å²) in [6, 6.07) is 0. The van der Waals surface area contributed by atoms with Crippen molar-refractivity contribution in [2.45, 2.75) is 6.10 Å². The minimum Gasteiger partial charge on any atom is -0.494 e. The molecule has 0 bridgehead atoms. The zero-order valence-corrected chi connectivity index (χ0v) is 15.7. The summed E-state index contributed by atoms with van der Waals surface area (Å²) in [6.45, 7) is 1.31. The van der Waals surface area contributed by atoms with Gasteiger partial charge in [0.2, 0.25) is 0 Å². The number of fused-ring (bicyclic) bond motifs is 1. The Morgan fingerprint density at radius 2 is 1.54 bits per heavy atom. The largest absolute Gasteiger partial charge is 1.00 e. The predicted molar refractivity (Wildman–Crippen MR) is 86.4 cm³/mol. The molecule has 0 saturated carbocycles. The molecule has 1 atom stereocenters. The Kier molecular flexibility index (Phi) is 11.9. The van der Waals surface area contributed by atoms with Crippen LogP contribution in [0.5, 0.6) is 0 Å². The van der Waals surface area contributed by atoms with Gasteiger partial charge in [-0.25, -0.2) is 4.79 Å². The van der Waals surface area contributed by atoms with Crippen LogP contribution in [0, 0.1) is 6.67 Å². The van der Waals surface area contributed by atoms with Gasteiger partial charge < -0.3 is 30.2 Å². The molecule has 24 heavy (non-hydrogen) atoms. The van der Waals surface area contributed by atoms with Crippen molar-refractivity contribution in [2.24, 2.45) is 14.1 Å². The average molecular weight is 441 g/mol. The summed E-state index contributed by atoms with van der Waals surface area (Å²) in [5, 5.41) is 32.4. The maximum atomic E-state index is 12.2. The van der Waals surface area contributed by atoms with Crippen LogP contribution >= 0.6 is 0 Å². The molecule has 1 aromatic heterocycles. The number of anilines is 2. The van der Waals surface area contributed by atoms with Crippen LogP contribution in [-0.2, 0) is 36.5 Å². The average Bonchev–Trinajstić information content (AvgIpc) is 2.90. The van der Waals surface area contributed by atoms with Crippen molar-refractivity contribution in [1.29, 1.82) is 0 Å². The topological polar surface area (TPSA) is 131 Å². The fourth-order valence-electron chi connectivity index (χ4n) is 2.22. The minimum atomic E-state index is -0.961. The first-order chi connectivity index (χ1) is 10.9. The number of aliphatic hydroxyl groups is 4. The first-order valence-electron chi connectivity index (χ1n) is 6.71. The molecule has 1 unspecified atom stereocenters. The van der Waals surface area contributed by atoms with E-state index in [0.717, 1.165) is 18.8 Å². The second kappa shape index (κ2) is 11.4. The first-order valence-corrected chi connectivity index (χ1v) is 6.71. The molecule has 0 aliphatic carbocycles. The van der Waals surface area contributed by atoms with E-state index in [9.17, 15) is 14.7 Å². The van der Waals surface area contributed by atoms with E-state index in [1.807, 2.05) is 0 Å². The number of hydrogen-bond acceptors (Lipinski definition) is 8. The van der Waals surface area contributed by atoms with E-state index in [4.69, 9.17) is 15.3 Å². The van der Waals surface area contributed by atoms with Crippen molar-refractivity contribution in [2.75, 3.05) is 44.2 Å². The quantitative estimate of drug-likeness (QED) is 0.289. The van der Waals surface area contributed by atoms with Crippen LogP contribution < -0.4 is 21.0 Å². The second-order valence-corrected chi connectivity index (χ2v) is 4.59. The van der Waals surface area contributed by atoms with Crippen LogP contribution in [0.1, 0.15) is 0 Å². The number of nitrogens with zero attached hydrogens (tertiary/aromatic N) is 4. The van der Waals surface area contributed by atoms with E-state index in [-0.39, 0.29) is 28.9 Å². The summed E-state index contributed by atoms with van der Waals surface area (Å²) in [5.41, 5.74) is -0.517. The van der Waals surface area contributed by atoms with Gasteiger partial charge in [-0.2, -0.15) is 6.67 Å². The number of aliphatic hydroxyl groups excluding tert-OH is 4. The van der Waals surface area contributed by atoms with E-state index in [0.29, 0.717) is 11.5 Å². The smallest absolute Gasteiger partial charge is 0.494 e. The molecule has 10 nitrogen and oxygen atoms in total. The summed E-state index contributed by atoms with van der Waals surface area (Å²) < 4.78 is 2.39. The van der Waals surface area contributed by atoms with Crippen molar-refractivity contribution in [3.8, 4) is 0 Å². The number of hydrogen-bond donors (Lipinski definition) is 4. The summed E-state index contributed by atoms with van der Waals surface area (Å²) >= 11 is 0. The van der Waals surface area contributed by atoms with Gasteiger partial charge in [-0.05, 0) is 7.05 Å². The van der Waals surface area contributed by atoms with Crippen LogP contribution in [0.2, 0.25) is 0 Å². The van der Waals surface area contributed by atoms with Crippen molar-refractivity contribution in [1.82, 2.24) is 9.13 Å². The van der Waals surface area contributed by atoms with Crippen LogP contribution in [0.25, 0.3) is 0 Å². The number of rotatable bonds is 3. The molecule has 11 heteroatoms. The van der Waals surface area contributed by atoms with E-state index >= 15 is 0 Å². The molecule has 0 amide bonds. The van der Waals surface area contributed by atoms with Crippen molar-refractivity contribution in [3.05, 3.63) is 27.5 Å². The maximum Gasteiger partial charge on any atom is 1.00 e. The van der Waals surface area contributed by atoms with Gasteiger partial charge >= 0.3 is 28.1 Å². The second-order valence-electron chi connectivity index (χ2n) is 4.59. The standard InChI is InChI=1S/C11H17N4O4.2CH4O.Ag/c1-12-6-15(4-7(17)5-16)8-9(12)13(2)11(19)14(3)10(8)18;2*1-2;/h6-7,16-17H,4-5H2,1-3H3;2*2H,1H3;/q-1;;;+1. The molecule has 2 rings (SSSR count). The molecule has 0 aromatic carbocycles. The van der Waals surface area contributed by atoms with Gasteiger partial charge in [-0.3, -0.25) is 13.9 Å². The zero-order chi connectivity index (χ0) is 18.3. The van der Waals surface area contributed by atoms with Crippen molar-refractivity contribution >= 4 is 11.5 Å². The minimum absolute atomic E-state index is 0. The summed E-state index contributed by atoms with van der Waals surface area (Å²) in [5.74, 6) is 0.471. The fourth-order valence-corrected chi connectivity index (χ4v) is 2.22. The van der Waals surface area contributed by atoms with Crippen molar-refractivity contribution in [3.63, 3.8) is 0 Å². The van der Waals surface area contributed by atoms with E-state index in [2.05, 4.69) is 0 Å². The molecule has 1 aliphatic heterocycles. The van der Waals surface area contributed by atoms with E-state index in [1.54, 1.807) is 25.7 Å². The predicted octanol–water partition coefficient (Wildman–Crippen LogP) is -2.97. The van der Waals surface area contributed by atoms with E-state index < -0.39 is 24.0 Å². The number of aromatic nitrogens is 2. The third-order valence-corrected chi connectivity index (χ3v) is 3.16. The Balaban J connectivity index is 0. The normalized spacial score (nSPS) is 13.0. The molecule has 1 aromatic rings. The summed E-state index contributed by atoms with van der Waals surface area (Å²) in [7, 11) is 6.70. The first kappa shape index (κ1) is 25.1. The Morgan fingerprint density at radius 3 is 2.00 bits per heavy atom. The monoisotopic (exact) mass is 440 g/mol. The third-order valence-electron chi connectivity index (χ3n) is 3.16. The van der Waals surface area contributed by atoms with Gasteiger partial charge in [0, 0.05) is 34.9 Å². The molecular weight excluding hydrogens is 416 g/mol. The Morgan fingerprint density at radius 1 is 1.04 bits per heavy atom. The molecule has 0 spiro atoms. The summed E-state index contributed by atoms with van der Waals surface area (Å²) in [6.07, 6.45) is -0.961. The van der Waals surface area contributed by atoms with Crippen LogP contribution in [0.4, 0.5) is 11.5 Å². The molecule has 0 fully saturated rings. The fraction of sp³-hybridized carbons (Fsp3) is 0.615. The zero-order valence-electron chi connectivity index (χ0n) is 14.3. The Bertz CT molecular complexity index is 618. The molecule has 0 radical (unpaired) electrons. The SMILES string of the molecule is CN1[CH-]N(CC(O)CO)c2c1n(C)c(=O)n(C)c2=O.CO.CO.[Ag+].